The summed E-state index contributed by atoms with van der Waals surface area (Å²) >= 11 is 0. The fourth-order valence-electron chi connectivity index (χ4n) is 4.02. The smallest absolute Gasteiger partial charge is 0.347 e. The van der Waals surface area contributed by atoms with E-state index in [1.54, 1.807) is 6.07 Å². The van der Waals surface area contributed by atoms with Crippen LogP contribution in [0.1, 0.15) is 34.3 Å². The second-order valence-corrected chi connectivity index (χ2v) is 6.32. The van der Waals surface area contributed by atoms with Gasteiger partial charge in [-0.25, -0.2) is 4.79 Å². The molecule has 2 aromatic rings. The summed E-state index contributed by atoms with van der Waals surface area (Å²) in [4.78, 5) is 24.4. The number of rotatable bonds is 1. The number of hydrogen-bond acceptors (Lipinski definition) is 7. The maximum atomic E-state index is 12.3. The Morgan fingerprint density at radius 2 is 2.17 bits per heavy atom. The fourth-order valence-corrected chi connectivity index (χ4v) is 4.02. The standard InChI is InChI=1S/C17H14O7/c1-21-9-6-10-13(17(20)4-5-22-16(17)23-10)14-12(9)7-2-3-8(18)11(7)15(19)24-14/h6,16,20H,2-5H2,1H3/t16-,17-/m0/s1. The van der Waals surface area contributed by atoms with E-state index in [1.165, 1.54) is 7.11 Å². The van der Waals surface area contributed by atoms with Crippen LogP contribution in [0.4, 0.5) is 0 Å². The van der Waals surface area contributed by atoms with E-state index in [0.717, 1.165) is 0 Å². The highest BCUT2D eigenvalue weighted by Gasteiger charge is 2.55. The Balaban J connectivity index is 1.95. The zero-order valence-corrected chi connectivity index (χ0v) is 12.9. The summed E-state index contributed by atoms with van der Waals surface area (Å²) in [5.41, 5.74) is -0.713. The molecule has 7 heteroatoms. The van der Waals surface area contributed by atoms with Crippen molar-refractivity contribution >= 4 is 16.8 Å². The molecule has 0 unspecified atom stereocenters. The van der Waals surface area contributed by atoms with Crippen LogP contribution in [-0.4, -0.2) is 30.9 Å². The van der Waals surface area contributed by atoms with Crippen molar-refractivity contribution in [1.29, 1.82) is 0 Å². The number of methoxy groups -OCH3 is 1. The van der Waals surface area contributed by atoms with Gasteiger partial charge in [-0.2, -0.15) is 0 Å². The molecule has 2 atom stereocenters. The van der Waals surface area contributed by atoms with Gasteiger partial charge in [-0.1, -0.05) is 0 Å². The third-order valence-electron chi connectivity index (χ3n) is 5.12. The monoisotopic (exact) mass is 330 g/mol. The topological polar surface area (TPSA) is 95.2 Å². The van der Waals surface area contributed by atoms with Crippen LogP contribution in [0.25, 0.3) is 11.0 Å². The number of ether oxygens (including phenoxy) is 3. The minimum Gasteiger partial charge on any atom is -0.496 e. The first kappa shape index (κ1) is 14.0. The number of aryl methyl sites for hydroxylation is 1. The van der Waals surface area contributed by atoms with Crippen molar-refractivity contribution in [2.24, 2.45) is 0 Å². The predicted octanol–water partition coefficient (Wildman–Crippen LogP) is 1.26. The molecule has 0 amide bonds. The highest BCUT2D eigenvalue weighted by Crippen LogP contribution is 2.53. The number of Topliss-reactive ketones (excluding diaryl/α,β-unsaturated/α-hetero) is 1. The minimum absolute atomic E-state index is 0.0888. The number of fused-ring (bicyclic) bond motifs is 7. The van der Waals surface area contributed by atoms with Crippen LogP contribution in [-0.2, 0) is 16.8 Å². The second-order valence-electron chi connectivity index (χ2n) is 6.32. The van der Waals surface area contributed by atoms with Crippen molar-refractivity contribution in [3.63, 3.8) is 0 Å². The molecule has 2 aliphatic heterocycles. The summed E-state index contributed by atoms with van der Waals surface area (Å²) in [6.45, 7) is 0.349. The highest BCUT2D eigenvalue weighted by molar-refractivity contribution is 6.06. The molecule has 3 aliphatic rings. The fraction of sp³-hybridized carbons (Fsp3) is 0.412. The molecule has 0 spiro atoms. The van der Waals surface area contributed by atoms with Crippen molar-refractivity contribution in [1.82, 2.24) is 0 Å². The van der Waals surface area contributed by atoms with Gasteiger partial charge in [-0.3, -0.25) is 4.79 Å². The molecule has 0 radical (unpaired) electrons. The van der Waals surface area contributed by atoms with E-state index in [0.29, 0.717) is 47.5 Å². The Bertz CT molecular complexity index is 973. The van der Waals surface area contributed by atoms with Crippen LogP contribution >= 0.6 is 0 Å². The van der Waals surface area contributed by atoms with E-state index in [4.69, 9.17) is 18.6 Å². The molecule has 0 bridgehead atoms. The van der Waals surface area contributed by atoms with Gasteiger partial charge in [0.1, 0.15) is 17.1 Å². The summed E-state index contributed by atoms with van der Waals surface area (Å²) in [6, 6.07) is 1.65. The minimum atomic E-state index is -1.37. The normalized spacial score (nSPS) is 27.1. The molecule has 24 heavy (non-hydrogen) atoms. The number of benzene rings is 1. The van der Waals surface area contributed by atoms with Gasteiger partial charge in [0, 0.05) is 18.9 Å². The summed E-state index contributed by atoms with van der Waals surface area (Å²) in [7, 11) is 1.50. The van der Waals surface area contributed by atoms with Gasteiger partial charge in [0.15, 0.2) is 17.0 Å². The Labute approximate surface area is 135 Å². The van der Waals surface area contributed by atoms with Crippen molar-refractivity contribution in [3.8, 4) is 11.5 Å². The lowest BCUT2D eigenvalue weighted by atomic mass is 9.90. The quantitative estimate of drug-likeness (QED) is 0.786. The van der Waals surface area contributed by atoms with Gasteiger partial charge in [-0.05, 0) is 12.0 Å². The van der Waals surface area contributed by atoms with Gasteiger partial charge < -0.3 is 23.7 Å². The summed E-state index contributed by atoms with van der Waals surface area (Å²) in [5.74, 6) is 0.598. The van der Waals surface area contributed by atoms with Crippen molar-refractivity contribution in [2.45, 2.75) is 31.2 Å². The first-order chi connectivity index (χ1) is 11.5. The van der Waals surface area contributed by atoms with Gasteiger partial charge in [0.05, 0.1) is 24.7 Å². The Hall–Kier alpha value is -2.38. The zero-order chi connectivity index (χ0) is 16.6. The Morgan fingerprint density at radius 3 is 2.96 bits per heavy atom. The van der Waals surface area contributed by atoms with Crippen LogP contribution in [0.15, 0.2) is 15.3 Å². The van der Waals surface area contributed by atoms with Gasteiger partial charge >= 0.3 is 5.63 Å². The molecule has 7 nitrogen and oxygen atoms in total. The van der Waals surface area contributed by atoms with E-state index in [-0.39, 0.29) is 23.4 Å². The van der Waals surface area contributed by atoms with Crippen LogP contribution in [0.5, 0.6) is 11.5 Å². The second kappa shape index (κ2) is 4.37. The molecule has 1 saturated heterocycles. The first-order valence-corrected chi connectivity index (χ1v) is 7.79. The SMILES string of the molecule is COc1cc2c(c3oc(=O)c4c(c13)CCC4=O)[C@@]1(O)CCO[C@H]1O2. The number of ketones is 1. The van der Waals surface area contributed by atoms with Crippen LogP contribution in [0.2, 0.25) is 0 Å². The molecule has 3 heterocycles. The van der Waals surface area contributed by atoms with Crippen LogP contribution < -0.4 is 15.1 Å². The van der Waals surface area contributed by atoms with Crippen molar-refractivity contribution in [3.05, 3.63) is 33.2 Å². The predicted molar refractivity (Wildman–Crippen MR) is 80.6 cm³/mol. The van der Waals surface area contributed by atoms with E-state index in [2.05, 4.69) is 0 Å². The highest BCUT2D eigenvalue weighted by atomic mass is 16.7. The molecule has 1 N–H and O–H groups in total. The van der Waals surface area contributed by atoms with Gasteiger partial charge in [0.25, 0.3) is 0 Å². The lowest BCUT2D eigenvalue weighted by molar-refractivity contribution is -0.123. The van der Waals surface area contributed by atoms with Gasteiger partial charge in [0.2, 0.25) is 6.29 Å². The molecule has 1 aromatic carbocycles. The lowest BCUT2D eigenvalue weighted by Crippen LogP contribution is -2.33. The molecule has 1 aromatic heterocycles. The maximum absolute atomic E-state index is 12.3. The molecular formula is C17H14O7. The molecule has 124 valence electrons. The summed E-state index contributed by atoms with van der Waals surface area (Å²) in [5, 5.41) is 11.6. The van der Waals surface area contributed by atoms with Crippen molar-refractivity contribution in [2.75, 3.05) is 13.7 Å². The molecule has 1 fully saturated rings. The number of aliphatic hydroxyl groups is 1. The van der Waals surface area contributed by atoms with Crippen LogP contribution in [0, 0.1) is 0 Å². The van der Waals surface area contributed by atoms with E-state index in [1.807, 2.05) is 0 Å². The molecule has 5 rings (SSSR count). The lowest BCUT2D eigenvalue weighted by Gasteiger charge is -2.20. The van der Waals surface area contributed by atoms with Crippen LogP contribution in [0.3, 0.4) is 0 Å². The number of hydrogen-bond donors (Lipinski definition) is 1. The summed E-state index contributed by atoms with van der Waals surface area (Å²) in [6.07, 6.45) is 0.227. The third-order valence-corrected chi connectivity index (χ3v) is 5.12. The molecule has 1 aliphatic carbocycles. The average Bonchev–Trinajstić information content (AvgIpc) is 3.17. The van der Waals surface area contributed by atoms with E-state index in [9.17, 15) is 14.7 Å². The summed E-state index contributed by atoms with van der Waals surface area (Å²) < 4.78 is 22.0. The number of carbonyl (C=O) groups excluding carboxylic acids is 1. The Morgan fingerprint density at radius 1 is 1.33 bits per heavy atom. The maximum Gasteiger partial charge on any atom is 0.347 e. The molecular weight excluding hydrogens is 316 g/mol. The van der Waals surface area contributed by atoms with E-state index >= 15 is 0 Å². The Kier molecular flexibility index (Phi) is 2.55. The molecule has 0 saturated carbocycles. The van der Waals surface area contributed by atoms with Crippen molar-refractivity contribution < 1.29 is 28.5 Å². The zero-order valence-electron chi connectivity index (χ0n) is 12.9. The first-order valence-electron chi connectivity index (χ1n) is 7.79. The number of carbonyl (C=O) groups is 1. The van der Waals surface area contributed by atoms with E-state index < -0.39 is 17.5 Å². The largest absolute Gasteiger partial charge is 0.496 e. The third kappa shape index (κ3) is 1.49. The average molecular weight is 330 g/mol. The van der Waals surface area contributed by atoms with Gasteiger partial charge in [-0.15, -0.1) is 0 Å².